The highest BCUT2D eigenvalue weighted by atomic mass is 32.1. The van der Waals surface area contributed by atoms with Crippen LogP contribution in [-0.2, 0) is 11.2 Å². The first kappa shape index (κ1) is 28.8. The molecule has 1 aliphatic heterocycles. The average molecular weight is 577 g/mol. The van der Waals surface area contributed by atoms with Crippen LogP contribution < -0.4 is 24.3 Å². The van der Waals surface area contributed by atoms with E-state index in [4.69, 9.17) is 31.2 Å². The van der Waals surface area contributed by atoms with E-state index in [1.54, 1.807) is 38.5 Å². The van der Waals surface area contributed by atoms with Gasteiger partial charge < -0.3 is 33.9 Å². The fourth-order valence-electron chi connectivity index (χ4n) is 4.37. The van der Waals surface area contributed by atoms with Crippen molar-refractivity contribution in [3.05, 3.63) is 77.4 Å². The smallest absolute Gasteiger partial charge is 0.493 e. The Kier molecular flexibility index (Phi) is 8.88. The quantitative estimate of drug-likeness (QED) is 0.266. The van der Waals surface area contributed by atoms with Crippen LogP contribution in [0.15, 0.2) is 60.7 Å². The van der Waals surface area contributed by atoms with Crippen LogP contribution in [0.4, 0.5) is 18.9 Å². The van der Waals surface area contributed by atoms with E-state index in [0.29, 0.717) is 46.6 Å². The minimum atomic E-state index is -4.78. The topological polar surface area (TPSA) is 78.5 Å². The molecular weight excluding hydrogens is 549 g/mol. The summed E-state index contributed by atoms with van der Waals surface area (Å²) in [5.74, 6) is 0.916. The van der Waals surface area contributed by atoms with Gasteiger partial charge in [-0.15, -0.1) is 13.2 Å². The van der Waals surface area contributed by atoms with Crippen molar-refractivity contribution in [2.24, 2.45) is 0 Å². The monoisotopic (exact) mass is 576 g/mol. The van der Waals surface area contributed by atoms with Gasteiger partial charge in [0.1, 0.15) is 18.1 Å². The molecule has 12 heteroatoms. The Morgan fingerprint density at radius 2 is 1.60 bits per heavy atom. The van der Waals surface area contributed by atoms with Crippen molar-refractivity contribution in [2.45, 2.75) is 18.8 Å². The van der Waals surface area contributed by atoms with Crippen molar-refractivity contribution < 1.29 is 41.7 Å². The predicted molar refractivity (Wildman–Crippen MR) is 145 cm³/mol. The van der Waals surface area contributed by atoms with Gasteiger partial charge in [-0.25, -0.2) is 4.79 Å². The van der Waals surface area contributed by atoms with Crippen molar-refractivity contribution in [1.29, 1.82) is 0 Å². The molecule has 0 radical (unpaired) electrons. The van der Waals surface area contributed by atoms with E-state index in [0.717, 1.165) is 11.1 Å². The zero-order chi connectivity index (χ0) is 28.9. The summed E-state index contributed by atoms with van der Waals surface area (Å²) >= 11 is 5.72. The minimum absolute atomic E-state index is 0.195. The molecule has 0 amide bonds. The number of anilines is 1. The lowest BCUT2D eigenvalue weighted by atomic mass is 9.92. The summed E-state index contributed by atoms with van der Waals surface area (Å²) in [5.41, 5.74) is 2.86. The van der Waals surface area contributed by atoms with Gasteiger partial charge in [0.2, 0.25) is 0 Å². The number of hydrogen-bond acceptors (Lipinski definition) is 7. The summed E-state index contributed by atoms with van der Waals surface area (Å²) in [5, 5.41) is 3.46. The molecule has 0 unspecified atom stereocenters. The number of halogens is 3. The molecule has 1 heterocycles. The number of fused-ring (bicyclic) bond motifs is 1. The number of carbonyl (C=O) groups is 1. The molecule has 212 valence electrons. The maximum atomic E-state index is 12.5. The number of carbonyl (C=O) groups excluding carboxylic acids is 1. The Bertz CT molecular complexity index is 1350. The van der Waals surface area contributed by atoms with Crippen LogP contribution in [0.5, 0.6) is 23.0 Å². The van der Waals surface area contributed by atoms with Crippen LogP contribution >= 0.6 is 12.2 Å². The Balaban J connectivity index is 1.57. The average Bonchev–Trinajstić information content (AvgIpc) is 2.95. The van der Waals surface area contributed by atoms with Gasteiger partial charge in [-0.2, -0.15) is 0 Å². The number of methoxy groups -OCH3 is 3. The summed E-state index contributed by atoms with van der Waals surface area (Å²) in [4.78, 5) is 13.7. The van der Waals surface area contributed by atoms with Gasteiger partial charge >= 0.3 is 12.3 Å². The van der Waals surface area contributed by atoms with Gasteiger partial charge in [-0.1, -0.05) is 0 Å². The molecular formula is C28H27F3N2O6S. The zero-order valence-electron chi connectivity index (χ0n) is 21.9. The van der Waals surface area contributed by atoms with Crippen LogP contribution in [0.1, 0.15) is 27.5 Å². The summed E-state index contributed by atoms with van der Waals surface area (Å²) in [6, 6.07) is 15.4. The van der Waals surface area contributed by atoms with Gasteiger partial charge in [0, 0.05) is 12.2 Å². The number of alkyl halides is 3. The van der Waals surface area contributed by atoms with Crippen LogP contribution in [-0.4, -0.2) is 56.8 Å². The maximum absolute atomic E-state index is 12.5. The normalized spacial score (nSPS) is 14.6. The molecule has 0 aromatic heterocycles. The second-order valence-corrected chi connectivity index (χ2v) is 9.08. The number of hydrogen-bond donors (Lipinski definition) is 1. The maximum Gasteiger partial charge on any atom is 0.573 e. The van der Waals surface area contributed by atoms with E-state index in [1.807, 2.05) is 17.0 Å². The molecule has 0 spiro atoms. The summed E-state index contributed by atoms with van der Waals surface area (Å²) in [6.07, 6.45) is -4.12. The minimum Gasteiger partial charge on any atom is -0.493 e. The Morgan fingerprint density at radius 1 is 0.975 bits per heavy atom. The van der Waals surface area contributed by atoms with Gasteiger partial charge in [-0.05, 0) is 90.4 Å². The summed E-state index contributed by atoms with van der Waals surface area (Å²) in [7, 11) is 4.44. The number of benzene rings is 3. The number of rotatable bonds is 8. The second kappa shape index (κ2) is 12.3. The van der Waals surface area contributed by atoms with Crippen LogP contribution in [0.3, 0.4) is 0 Å². The lowest BCUT2D eigenvalue weighted by molar-refractivity contribution is -0.274. The van der Waals surface area contributed by atoms with Gasteiger partial charge in [0.25, 0.3) is 0 Å². The first-order valence-corrected chi connectivity index (χ1v) is 12.5. The van der Waals surface area contributed by atoms with E-state index in [1.165, 1.54) is 31.4 Å². The third kappa shape index (κ3) is 6.87. The lowest BCUT2D eigenvalue weighted by Gasteiger charge is -2.39. The zero-order valence-corrected chi connectivity index (χ0v) is 22.7. The largest absolute Gasteiger partial charge is 0.573 e. The molecule has 0 fully saturated rings. The van der Waals surface area contributed by atoms with E-state index >= 15 is 0 Å². The highest BCUT2D eigenvalue weighted by Crippen LogP contribution is 2.39. The standard InChI is InChI=1S/C28H27F3N2O6S/c1-35-24-14-18-12-13-33(27(40)32-19-6-10-21(11-7-19)39-28(29,30)31)23(22(18)15-25(24)36-2)16-38-20-8-4-17(5-9-20)26(34)37-3/h4-11,14-15,23H,12-13,16H2,1-3H3,(H,32,40)/t23-/m1/s1. The third-order valence-corrected chi connectivity index (χ3v) is 6.62. The molecule has 3 aromatic carbocycles. The molecule has 1 aliphatic rings. The molecule has 40 heavy (non-hydrogen) atoms. The fourth-order valence-corrected chi connectivity index (χ4v) is 4.70. The fraction of sp³-hybridized carbons (Fsp3) is 0.286. The van der Waals surface area contributed by atoms with Gasteiger partial charge in [-0.3, -0.25) is 0 Å². The van der Waals surface area contributed by atoms with E-state index in [-0.39, 0.29) is 18.4 Å². The van der Waals surface area contributed by atoms with Gasteiger partial charge in [0.05, 0.1) is 32.9 Å². The Labute approximate surface area is 234 Å². The van der Waals surface area contributed by atoms with E-state index in [2.05, 4.69) is 10.1 Å². The highest BCUT2D eigenvalue weighted by Gasteiger charge is 2.32. The molecule has 1 N–H and O–H groups in total. The van der Waals surface area contributed by atoms with Gasteiger partial charge in [0.15, 0.2) is 16.6 Å². The van der Waals surface area contributed by atoms with Crippen LogP contribution in [0.25, 0.3) is 0 Å². The number of thiocarbonyl (C=S) groups is 1. The molecule has 0 saturated heterocycles. The SMILES string of the molecule is COC(=O)c1ccc(OC[C@@H]2c3cc(OC)c(OC)cc3CCN2C(=S)Nc2ccc(OC(F)(F)F)cc2)cc1. The van der Waals surface area contributed by atoms with E-state index < -0.39 is 12.3 Å². The molecule has 8 nitrogen and oxygen atoms in total. The molecule has 0 aliphatic carbocycles. The predicted octanol–water partition coefficient (Wildman–Crippen LogP) is 5.76. The summed E-state index contributed by atoms with van der Waals surface area (Å²) in [6.45, 7) is 0.735. The Hall–Kier alpha value is -4.19. The van der Waals surface area contributed by atoms with Crippen molar-refractivity contribution in [2.75, 3.05) is 39.8 Å². The molecule has 4 rings (SSSR count). The second-order valence-electron chi connectivity index (χ2n) is 8.69. The molecule has 1 atom stereocenters. The van der Waals surface area contributed by atoms with Crippen molar-refractivity contribution in [3.63, 3.8) is 0 Å². The van der Waals surface area contributed by atoms with Crippen molar-refractivity contribution in [3.8, 4) is 23.0 Å². The number of esters is 1. The summed E-state index contributed by atoms with van der Waals surface area (Å²) < 4.78 is 63.3. The highest BCUT2D eigenvalue weighted by molar-refractivity contribution is 7.80. The van der Waals surface area contributed by atoms with E-state index in [9.17, 15) is 18.0 Å². The first-order chi connectivity index (χ1) is 19.1. The lowest BCUT2D eigenvalue weighted by Crippen LogP contribution is -2.44. The first-order valence-electron chi connectivity index (χ1n) is 12.1. The van der Waals surface area contributed by atoms with Crippen molar-refractivity contribution in [1.82, 2.24) is 4.90 Å². The number of nitrogens with one attached hydrogen (secondary N) is 1. The molecule has 3 aromatic rings. The molecule has 0 bridgehead atoms. The molecule has 0 saturated carbocycles. The van der Waals surface area contributed by atoms with Crippen LogP contribution in [0.2, 0.25) is 0 Å². The number of nitrogens with zero attached hydrogens (tertiary/aromatic N) is 1. The van der Waals surface area contributed by atoms with Crippen LogP contribution in [0, 0.1) is 0 Å². The number of ether oxygens (including phenoxy) is 5. The van der Waals surface area contributed by atoms with Crippen molar-refractivity contribution >= 4 is 29.0 Å². The third-order valence-electron chi connectivity index (χ3n) is 6.29. The Morgan fingerprint density at radius 3 is 2.20 bits per heavy atom.